The molecule has 0 radical (unpaired) electrons. The molecule has 1 N–H and O–H groups in total. The first kappa shape index (κ1) is 7.79. The zero-order chi connectivity index (χ0) is 8.10. The Hall–Kier alpha value is -1.31. The maximum atomic E-state index is 12.4. The summed E-state index contributed by atoms with van der Waals surface area (Å²) in [6.07, 6.45) is 3.68. The van der Waals surface area contributed by atoms with Gasteiger partial charge in [0.05, 0.1) is 0 Å². The quantitative estimate of drug-likeness (QED) is 0.685. The van der Waals surface area contributed by atoms with E-state index in [-0.39, 0.29) is 5.82 Å². The Bertz CT molecular complexity index is 238. The molecule has 0 heterocycles. The van der Waals surface area contributed by atoms with Crippen molar-refractivity contribution in [3.05, 3.63) is 42.4 Å². The molecule has 1 aromatic rings. The lowest BCUT2D eigenvalue weighted by Gasteiger charge is -1.97. The van der Waals surface area contributed by atoms with Gasteiger partial charge in [-0.2, -0.15) is 0 Å². The smallest absolute Gasteiger partial charge is 0.123 e. The molecule has 1 nitrogen and oxygen atoms in total. The minimum absolute atomic E-state index is 0.212. The average Bonchev–Trinajstić information content (AvgIpc) is 2.04. The van der Waals surface area contributed by atoms with Gasteiger partial charge in [-0.1, -0.05) is 6.08 Å². The highest BCUT2D eigenvalue weighted by atomic mass is 19.1. The zero-order valence-corrected chi connectivity index (χ0v) is 6.34. The van der Waals surface area contributed by atoms with Gasteiger partial charge in [0.25, 0.3) is 0 Å². The van der Waals surface area contributed by atoms with Crippen molar-refractivity contribution in [2.45, 2.75) is 6.92 Å². The topological polar surface area (TPSA) is 12.0 Å². The minimum Gasteiger partial charge on any atom is -0.362 e. The summed E-state index contributed by atoms with van der Waals surface area (Å²) >= 11 is 0. The van der Waals surface area contributed by atoms with Crippen LogP contribution in [0.25, 0.3) is 0 Å². The maximum absolute atomic E-state index is 12.4. The predicted octanol–water partition coefficient (Wildman–Crippen LogP) is 2.77. The number of benzene rings is 1. The van der Waals surface area contributed by atoms with Gasteiger partial charge in [-0.15, -0.1) is 0 Å². The monoisotopic (exact) mass is 151 g/mol. The Morgan fingerprint density at radius 2 is 1.91 bits per heavy atom. The molecule has 0 aliphatic rings. The summed E-state index contributed by atoms with van der Waals surface area (Å²) in [5.41, 5.74) is 0.893. The summed E-state index contributed by atoms with van der Waals surface area (Å²) in [5.74, 6) is -0.212. The molecule has 0 bridgehead atoms. The second-order valence-corrected chi connectivity index (χ2v) is 2.15. The van der Waals surface area contributed by atoms with Crippen LogP contribution in [0.15, 0.2) is 36.5 Å². The molecule has 1 rings (SSSR count). The second kappa shape index (κ2) is 3.76. The van der Waals surface area contributed by atoms with E-state index in [0.29, 0.717) is 0 Å². The normalized spacial score (nSPS) is 10.4. The molecule has 2 heteroatoms. The summed E-state index contributed by atoms with van der Waals surface area (Å²) in [4.78, 5) is 0. The van der Waals surface area contributed by atoms with Gasteiger partial charge in [0.1, 0.15) is 5.82 Å². The van der Waals surface area contributed by atoms with Gasteiger partial charge >= 0.3 is 0 Å². The summed E-state index contributed by atoms with van der Waals surface area (Å²) < 4.78 is 12.4. The fraction of sp³-hybridized carbons (Fsp3) is 0.111. The number of anilines is 1. The van der Waals surface area contributed by atoms with Crippen molar-refractivity contribution in [1.29, 1.82) is 0 Å². The zero-order valence-electron chi connectivity index (χ0n) is 6.34. The highest BCUT2D eigenvalue weighted by Crippen LogP contribution is 2.07. The summed E-state index contributed by atoms with van der Waals surface area (Å²) in [5, 5.41) is 2.97. The van der Waals surface area contributed by atoms with Crippen LogP contribution >= 0.6 is 0 Å². The SMILES string of the molecule is C/C=C/Nc1ccc(F)cc1. The van der Waals surface area contributed by atoms with Crippen LogP contribution in [-0.2, 0) is 0 Å². The molecule has 11 heavy (non-hydrogen) atoms. The van der Waals surface area contributed by atoms with Crippen molar-refractivity contribution in [3.8, 4) is 0 Å². The van der Waals surface area contributed by atoms with Crippen LogP contribution in [0.4, 0.5) is 10.1 Å². The highest BCUT2D eigenvalue weighted by molar-refractivity contribution is 5.44. The summed E-state index contributed by atoms with van der Waals surface area (Å²) in [6.45, 7) is 1.91. The van der Waals surface area contributed by atoms with Gasteiger partial charge in [0.2, 0.25) is 0 Å². The molecular formula is C9H10FN. The number of nitrogens with one attached hydrogen (secondary N) is 1. The van der Waals surface area contributed by atoms with Crippen molar-refractivity contribution in [1.82, 2.24) is 0 Å². The third-order valence-electron chi connectivity index (χ3n) is 1.26. The van der Waals surface area contributed by atoms with Gasteiger partial charge in [0.15, 0.2) is 0 Å². The first-order valence-corrected chi connectivity index (χ1v) is 3.46. The molecule has 0 saturated carbocycles. The maximum Gasteiger partial charge on any atom is 0.123 e. The van der Waals surface area contributed by atoms with E-state index in [0.717, 1.165) is 5.69 Å². The minimum atomic E-state index is -0.212. The molecular weight excluding hydrogens is 141 g/mol. The lowest BCUT2D eigenvalue weighted by Crippen LogP contribution is -1.85. The molecule has 0 aliphatic carbocycles. The Labute approximate surface area is 65.6 Å². The van der Waals surface area contributed by atoms with E-state index in [1.807, 2.05) is 13.0 Å². The van der Waals surface area contributed by atoms with Crippen LogP contribution in [-0.4, -0.2) is 0 Å². The third kappa shape index (κ3) is 2.42. The standard InChI is InChI=1S/C9H10FN/c1-2-7-11-9-5-3-8(10)4-6-9/h2-7,11H,1H3/b7-2+. The van der Waals surface area contributed by atoms with Crippen LogP contribution in [0.5, 0.6) is 0 Å². The fourth-order valence-electron chi connectivity index (χ4n) is 0.726. The largest absolute Gasteiger partial charge is 0.362 e. The Morgan fingerprint density at radius 1 is 1.27 bits per heavy atom. The van der Waals surface area contributed by atoms with Crippen LogP contribution in [0.1, 0.15) is 6.92 Å². The fourth-order valence-corrected chi connectivity index (χ4v) is 0.726. The van der Waals surface area contributed by atoms with E-state index in [1.54, 1.807) is 18.3 Å². The Balaban J connectivity index is 2.66. The summed E-state index contributed by atoms with van der Waals surface area (Å²) in [6, 6.07) is 6.22. The molecule has 0 atom stereocenters. The van der Waals surface area contributed by atoms with E-state index in [4.69, 9.17) is 0 Å². The number of hydrogen-bond donors (Lipinski definition) is 1. The molecule has 0 fully saturated rings. The highest BCUT2D eigenvalue weighted by Gasteiger charge is 1.88. The molecule has 0 spiro atoms. The molecule has 0 unspecified atom stereocenters. The third-order valence-corrected chi connectivity index (χ3v) is 1.26. The van der Waals surface area contributed by atoms with Crippen LogP contribution < -0.4 is 5.32 Å². The number of hydrogen-bond acceptors (Lipinski definition) is 1. The molecule has 0 amide bonds. The van der Waals surface area contributed by atoms with Crippen LogP contribution in [0, 0.1) is 5.82 Å². The number of rotatable bonds is 2. The summed E-state index contributed by atoms with van der Waals surface area (Å²) in [7, 11) is 0. The van der Waals surface area contributed by atoms with E-state index in [2.05, 4.69) is 5.32 Å². The van der Waals surface area contributed by atoms with E-state index >= 15 is 0 Å². The molecule has 1 aromatic carbocycles. The first-order chi connectivity index (χ1) is 5.33. The van der Waals surface area contributed by atoms with Gasteiger partial charge in [-0.3, -0.25) is 0 Å². The Kier molecular flexibility index (Phi) is 2.66. The van der Waals surface area contributed by atoms with Gasteiger partial charge in [0, 0.05) is 5.69 Å². The second-order valence-electron chi connectivity index (χ2n) is 2.15. The molecule has 0 saturated heterocycles. The van der Waals surface area contributed by atoms with Crippen LogP contribution in [0.3, 0.4) is 0 Å². The van der Waals surface area contributed by atoms with E-state index in [1.165, 1.54) is 12.1 Å². The lowest BCUT2D eigenvalue weighted by molar-refractivity contribution is 0.628. The van der Waals surface area contributed by atoms with E-state index in [9.17, 15) is 4.39 Å². The predicted molar refractivity (Wildman–Crippen MR) is 44.8 cm³/mol. The van der Waals surface area contributed by atoms with Crippen molar-refractivity contribution < 1.29 is 4.39 Å². The Morgan fingerprint density at radius 3 is 2.45 bits per heavy atom. The van der Waals surface area contributed by atoms with Gasteiger partial charge in [-0.05, 0) is 37.4 Å². The lowest BCUT2D eigenvalue weighted by atomic mass is 10.3. The first-order valence-electron chi connectivity index (χ1n) is 3.46. The van der Waals surface area contributed by atoms with Crippen molar-refractivity contribution in [2.75, 3.05) is 5.32 Å². The average molecular weight is 151 g/mol. The molecule has 0 aromatic heterocycles. The van der Waals surface area contributed by atoms with Gasteiger partial charge in [-0.25, -0.2) is 4.39 Å². The van der Waals surface area contributed by atoms with E-state index < -0.39 is 0 Å². The molecule has 58 valence electrons. The number of allylic oxidation sites excluding steroid dienone is 1. The number of halogens is 1. The van der Waals surface area contributed by atoms with Crippen LogP contribution in [0.2, 0.25) is 0 Å². The molecule has 0 aliphatic heterocycles. The van der Waals surface area contributed by atoms with Crippen molar-refractivity contribution in [3.63, 3.8) is 0 Å². The van der Waals surface area contributed by atoms with Crippen molar-refractivity contribution in [2.24, 2.45) is 0 Å². The van der Waals surface area contributed by atoms with Crippen molar-refractivity contribution >= 4 is 5.69 Å². The van der Waals surface area contributed by atoms with Gasteiger partial charge < -0.3 is 5.32 Å².